The molecule has 7 nitrogen and oxygen atoms in total. The molecule has 0 saturated heterocycles. The van der Waals surface area contributed by atoms with Crippen molar-refractivity contribution in [2.24, 2.45) is 0 Å². The number of hydrogen-bond acceptors (Lipinski definition) is 6. The van der Waals surface area contributed by atoms with Crippen LogP contribution in [0.15, 0.2) is 47.5 Å². The first-order chi connectivity index (χ1) is 13.5. The van der Waals surface area contributed by atoms with Crippen LogP contribution < -0.4 is 14.2 Å². The summed E-state index contributed by atoms with van der Waals surface area (Å²) in [5, 5.41) is 0.871. The zero-order valence-corrected chi connectivity index (χ0v) is 16.8. The summed E-state index contributed by atoms with van der Waals surface area (Å²) in [5.74, 6) is 1.64. The lowest BCUT2D eigenvalue weighted by Gasteiger charge is -2.14. The van der Waals surface area contributed by atoms with E-state index in [1.165, 1.54) is 30.3 Å². The van der Waals surface area contributed by atoms with Crippen molar-refractivity contribution in [3.05, 3.63) is 48.2 Å². The number of methoxy groups -OCH3 is 2. The Labute approximate surface area is 164 Å². The Hall–Kier alpha value is -2.71. The maximum atomic E-state index is 13.3. The van der Waals surface area contributed by atoms with Gasteiger partial charge >= 0.3 is 0 Å². The van der Waals surface area contributed by atoms with Gasteiger partial charge in [0.05, 0.1) is 24.6 Å². The lowest BCUT2D eigenvalue weighted by molar-refractivity contribution is 0.259. The smallest absolute Gasteiger partial charge is 0.268 e. The molecule has 148 valence electrons. The molecule has 2 aromatic carbocycles. The van der Waals surface area contributed by atoms with Crippen LogP contribution in [0, 0.1) is 0 Å². The first kappa shape index (κ1) is 18.6. The average molecular weight is 402 g/mol. The molecular formula is C20H22N2O5S. The number of fused-ring (bicyclic) bond motifs is 3. The predicted molar refractivity (Wildman–Crippen MR) is 106 cm³/mol. The van der Waals surface area contributed by atoms with Crippen LogP contribution in [0.25, 0.3) is 10.9 Å². The lowest BCUT2D eigenvalue weighted by atomic mass is 10.1. The van der Waals surface area contributed by atoms with Crippen LogP contribution in [-0.4, -0.2) is 51.7 Å². The number of ether oxygens (including phenoxy) is 3. The topological polar surface area (TPSA) is 70.0 Å². The standard InChI is InChI=1S/C20H22N2O5S/c1-21-10-11-27-18-7-5-17-15(16(18)13-21)8-9-22(17)28(23,24)14-4-6-19(25-2)20(12-14)26-3/h4-9,12H,10-11,13H2,1-3H3. The van der Waals surface area contributed by atoms with Gasteiger partial charge in [-0.1, -0.05) is 0 Å². The van der Waals surface area contributed by atoms with Gasteiger partial charge in [-0.25, -0.2) is 12.4 Å². The molecule has 3 aromatic rings. The molecule has 4 rings (SSSR count). The number of benzene rings is 2. The van der Waals surface area contributed by atoms with Crippen LogP contribution in [-0.2, 0) is 16.6 Å². The molecule has 0 amide bonds. The largest absolute Gasteiger partial charge is 0.493 e. The van der Waals surface area contributed by atoms with Crippen LogP contribution in [0.1, 0.15) is 5.56 Å². The van der Waals surface area contributed by atoms with E-state index < -0.39 is 10.0 Å². The Bertz CT molecular complexity index is 1140. The molecule has 8 heteroatoms. The van der Waals surface area contributed by atoms with Gasteiger partial charge < -0.3 is 14.2 Å². The van der Waals surface area contributed by atoms with Crippen molar-refractivity contribution < 1.29 is 22.6 Å². The Balaban J connectivity index is 1.85. The number of nitrogens with zero attached hydrogens (tertiary/aromatic N) is 2. The van der Waals surface area contributed by atoms with Crippen LogP contribution in [0.4, 0.5) is 0 Å². The first-order valence-corrected chi connectivity index (χ1v) is 10.3. The Morgan fingerprint density at radius 3 is 2.57 bits per heavy atom. The van der Waals surface area contributed by atoms with Gasteiger partial charge in [-0.2, -0.15) is 0 Å². The second-order valence-electron chi connectivity index (χ2n) is 6.69. The van der Waals surface area contributed by atoms with Gasteiger partial charge in [0.1, 0.15) is 12.4 Å². The zero-order chi connectivity index (χ0) is 19.9. The van der Waals surface area contributed by atoms with E-state index in [-0.39, 0.29) is 4.90 Å². The van der Waals surface area contributed by atoms with E-state index in [9.17, 15) is 8.42 Å². The Kier molecular flexibility index (Phi) is 4.68. The van der Waals surface area contributed by atoms with Crippen molar-refractivity contribution in [3.8, 4) is 17.2 Å². The average Bonchev–Trinajstić information content (AvgIpc) is 3.05. The summed E-state index contributed by atoms with van der Waals surface area (Å²) < 4.78 is 44.2. The molecule has 0 bridgehead atoms. The van der Waals surface area contributed by atoms with E-state index >= 15 is 0 Å². The monoisotopic (exact) mass is 402 g/mol. The number of hydrogen-bond donors (Lipinski definition) is 0. The van der Waals surface area contributed by atoms with Crippen LogP contribution in [0.3, 0.4) is 0 Å². The van der Waals surface area contributed by atoms with Crippen molar-refractivity contribution in [1.82, 2.24) is 8.87 Å². The number of rotatable bonds is 4. The van der Waals surface area contributed by atoms with Crippen molar-refractivity contribution in [3.63, 3.8) is 0 Å². The highest BCUT2D eigenvalue weighted by molar-refractivity contribution is 7.90. The Morgan fingerprint density at radius 1 is 1.04 bits per heavy atom. The van der Waals surface area contributed by atoms with E-state index in [4.69, 9.17) is 14.2 Å². The van der Waals surface area contributed by atoms with E-state index in [1.807, 2.05) is 19.2 Å². The van der Waals surface area contributed by atoms with Crippen LogP contribution in [0.2, 0.25) is 0 Å². The summed E-state index contributed by atoms with van der Waals surface area (Å²) in [6.45, 7) is 2.13. The number of likely N-dealkylation sites (N-methyl/N-ethyl adjacent to an activating group) is 1. The molecule has 1 aliphatic rings. The third-order valence-corrected chi connectivity index (χ3v) is 6.66. The van der Waals surface area contributed by atoms with Crippen molar-refractivity contribution in [2.75, 3.05) is 34.4 Å². The minimum atomic E-state index is -3.80. The summed E-state index contributed by atoms with van der Waals surface area (Å²) in [6.07, 6.45) is 1.59. The summed E-state index contributed by atoms with van der Waals surface area (Å²) in [5.41, 5.74) is 1.62. The van der Waals surface area contributed by atoms with Gasteiger partial charge in [0.25, 0.3) is 10.0 Å². The van der Waals surface area contributed by atoms with Gasteiger partial charge in [0.15, 0.2) is 11.5 Å². The lowest BCUT2D eigenvalue weighted by Crippen LogP contribution is -2.20. The minimum absolute atomic E-state index is 0.131. The SMILES string of the molecule is COc1ccc(S(=O)(=O)n2ccc3c4c(ccc32)OCCN(C)C4)cc1OC. The zero-order valence-electron chi connectivity index (χ0n) is 16.0. The molecule has 28 heavy (non-hydrogen) atoms. The van der Waals surface area contributed by atoms with E-state index in [2.05, 4.69) is 4.90 Å². The van der Waals surface area contributed by atoms with E-state index in [0.717, 1.165) is 23.2 Å². The highest BCUT2D eigenvalue weighted by atomic mass is 32.2. The van der Waals surface area contributed by atoms with Gasteiger partial charge in [-0.05, 0) is 37.4 Å². The molecule has 2 heterocycles. The third kappa shape index (κ3) is 2.98. The molecule has 0 spiro atoms. The second-order valence-corrected chi connectivity index (χ2v) is 8.51. The molecule has 1 aliphatic heterocycles. The fraction of sp³-hybridized carbons (Fsp3) is 0.300. The van der Waals surface area contributed by atoms with Crippen molar-refractivity contribution >= 4 is 20.9 Å². The third-order valence-electron chi connectivity index (χ3n) is 4.98. The molecule has 1 aromatic heterocycles. The van der Waals surface area contributed by atoms with Crippen LogP contribution in [0.5, 0.6) is 17.2 Å². The summed E-state index contributed by atoms with van der Waals surface area (Å²) >= 11 is 0. The molecule has 0 radical (unpaired) electrons. The van der Waals surface area contributed by atoms with Gasteiger partial charge in [0, 0.05) is 36.3 Å². The second kappa shape index (κ2) is 7.03. The maximum Gasteiger partial charge on any atom is 0.268 e. The molecule has 0 unspecified atom stereocenters. The summed E-state index contributed by atoms with van der Waals surface area (Å²) in [6, 6.07) is 10.0. The molecule has 0 fully saturated rings. The quantitative estimate of drug-likeness (QED) is 0.668. The van der Waals surface area contributed by atoms with Gasteiger partial charge in [-0.15, -0.1) is 0 Å². The van der Waals surface area contributed by atoms with E-state index in [0.29, 0.717) is 30.2 Å². The Morgan fingerprint density at radius 2 is 1.82 bits per heavy atom. The molecule has 0 N–H and O–H groups in total. The molecule has 0 aliphatic carbocycles. The highest BCUT2D eigenvalue weighted by Crippen LogP contribution is 2.34. The van der Waals surface area contributed by atoms with Gasteiger partial charge in [0.2, 0.25) is 0 Å². The maximum absolute atomic E-state index is 13.3. The molecule has 0 atom stereocenters. The van der Waals surface area contributed by atoms with Gasteiger partial charge in [-0.3, -0.25) is 4.90 Å². The highest BCUT2D eigenvalue weighted by Gasteiger charge is 2.23. The van der Waals surface area contributed by atoms with Crippen molar-refractivity contribution in [1.29, 1.82) is 0 Å². The minimum Gasteiger partial charge on any atom is -0.493 e. The predicted octanol–water partition coefficient (Wildman–Crippen LogP) is 2.72. The normalized spacial score (nSPS) is 15.0. The van der Waals surface area contributed by atoms with Crippen LogP contribution >= 0.6 is 0 Å². The van der Waals surface area contributed by atoms with Crippen molar-refractivity contribution in [2.45, 2.75) is 11.4 Å². The fourth-order valence-electron chi connectivity index (χ4n) is 3.49. The first-order valence-electron chi connectivity index (χ1n) is 8.87. The molecular weight excluding hydrogens is 380 g/mol. The summed E-state index contributed by atoms with van der Waals surface area (Å²) in [7, 11) is 1.21. The fourth-order valence-corrected chi connectivity index (χ4v) is 4.85. The summed E-state index contributed by atoms with van der Waals surface area (Å²) in [4.78, 5) is 2.29. The van der Waals surface area contributed by atoms with E-state index in [1.54, 1.807) is 18.3 Å². The number of aromatic nitrogens is 1. The molecule has 0 saturated carbocycles.